The second kappa shape index (κ2) is 6.97. The Morgan fingerprint density at radius 3 is 2.61 bits per heavy atom. The molecule has 0 spiro atoms. The maximum absolute atomic E-state index is 8.87. The molecule has 0 fully saturated rings. The van der Waals surface area contributed by atoms with Crippen LogP contribution in [0, 0.1) is 17.2 Å². The standard InChI is InChI=1S/C14H22N4/c1-5-18(10-11(2)8-15)14-7-6-13(9-17-14)12(3)16-4/h6-7,9,11-12,16H,5,10H2,1-4H3. The van der Waals surface area contributed by atoms with E-state index in [1.54, 1.807) is 0 Å². The van der Waals surface area contributed by atoms with Gasteiger partial charge in [0.2, 0.25) is 0 Å². The Hall–Kier alpha value is -1.60. The van der Waals surface area contributed by atoms with Crippen LogP contribution in [0.1, 0.15) is 32.4 Å². The number of hydrogen-bond donors (Lipinski definition) is 1. The number of anilines is 1. The molecule has 98 valence electrons. The molecule has 0 radical (unpaired) electrons. The smallest absolute Gasteiger partial charge is 0.128 e. The molecule has 2 atom stereocenters. The van der Waals surface area contributed by atoms with E-state index in [0.717, 1.165) is 18.9 Å². The van der Waals surface area contributed by atoms with Gasteiger partial charge in [0.05, 0.1) is 12.0 Å². The van der Waals surface area contributed by atoms with E-state index in [1.807, 2.05) is 26.2 Å². The van der Waals surface area contributed by atoms with Crippen molar-refractivity contribution < 1.29 is 0 Å². The van der Waals surface area contributed by atoms with Crippen LogP contribution in [-0.2, 0) is 0 Å². The number of rotatable bonds is 6. The van der Waals surface area contributed by atoms with Crippen molar-refractivity contribution in [3.63, 3.8) is 0 Å². The van der Waals surface area contributed by atoms with Crippen LogP contribution in [-0.4, -0.2) is 25.1 Å². The summed E-state index contributed by atoms with van der Waals surface area (Å²) in [6, 6.07) is 6.68. The van der Waals surface area contributed by atoms with E-state index in [0.29, 0.717) is 6.04 Å². The fourth-order valence-corrected chi connectivity index (χ4v) is 1.76. The van der Waals surface area contributed by atoms with Gasteiger partial charge in [0, 0.05) is 25.3 Å². The third kappa shape index (κ3) is 3.71. The minimum absolute atomic E-state index is 0.0164. The molecule has 0 saturated carbocycles. The molecule has 1 aromatic heterocycles. The molecule has 1 N–H and O–H groups in total. The van der Waals surface area contributed by atoms with Gasteiger partial charge in [0.25, 0.3) is 0 Å². The fraction of sp³-hybridized carbons (Fsp3) is 0.571. The SMILES string of the molecule is CCN(CC(C)C#N)c1ccc(C(C)NC)cn1. The Balaban J connectivity index is 2.79. The summed E-state index contributed by atoms with van der Waals surface area (Å²) in [7, 11) is 1.94. The first kappa shape index (κ1) is 14.5. The lowest BCUT2D eigenvalue weighted by Crippen LogP contribution is -2.28. The highest BCUT2D eigenvalue weighted by atomic mass is 15.2. The van der Waals surface area contributed by atoms with Gasteiger partial charge >= 0.3 is 0 Å². The molecular weight excluding hydrogens is 224 g/mol. The zero-order valence-corrected chi connectivity index (χ0v) is 11.6. The summed E-state index contributed by atoms with van der Waals surface area (Å²) in [6.07, 6.45) is 1.90. The van der Waals surface area contributed by atoms with Gasteiger partial charge in [-0.3, -0.25) is 0 Å². The number of pyridine rings is 1. The normalized spacial score (nSPS) is 13.7. The van der Waals surface area contributed by atoms with E-state index in [-0.39, 0.29) is 5.92 Å². The molecule has 2 unspecified atom stereocenters. The lowest BCUT2D eigenvalue weighted by atomic mass is 10.1. The summed E-state index contributed by atoms with van der Waals surface area (Å²) in [5.41, 5.74) is 1.17. The van der Waals surface area contributed by atoms with Crippen LogP contribution in [0.2, 0.25) is 0 Å². The first-order valence-electron chi connectivity index (χ1n) is 6.40. The number of nitrogens with zero attached hydrogens (tertiary/aromatic N) is 3. The highest BCUT2D eigenvalue weighted by molar-refractivity contribution is 5.40. The van der Waals surface area contributed by atoms with Gasteiger partial charge in [-0.25, -0.2) is 4.98 Å². The van der Waals surface area contributed by atoms with Crippen molar-refractivity contribution in [3.8, 4) is 6.07 Å². The predicted octanol–water partition coefficient (Wildman–Crippen LogP) is 2.35. The van der Waals surface area contributed by atoms with Gasteiger partial charge in [0.15, 0.2) is 0 Å². The molecule has 0 aliphatic heterocycles. The van der Waals surface area contributed by atoms with Gasteiger partial charge in [-0.1, -0.05) is 6.07 Å². The van der Waals surface area contributed by atoms with Gasteiger partial charge in [-0.15, -0.1) is 0 Å². The molecule has 1 aromatic rings. The molecule has 0 bridgehead atoms. The van der Waals surface area contributed by atoms with Crippen molar-refractivity contribution in [2.75, 3.05) is 25.0 Å². The van der Waals surface area contributed by atoms with Crippen molar-refractivity contribution >= 4 is 5.82 Å². The van der Waals surface area contributed by atoms with Crippen molar-refractivity contribution in [3.05, 3.63) is 23.9 Å². The summed E-state index contributed by atoms with van der Waals surface area (Å²) in [5.74, 6) is 0.953. The quantitative estimate of drug-likeness (QED) is 0.837. The second-order valence-corrected chi connectivity index (χ2v) is 4.53. The molecule has 0 aliphatic carbocycles. The summed E-state index contributed by atoms with van der Waals surface area (Å²) in [6.45, 7) is 7.70. The van der Waals surface area contributed by atoms with Gasteiger partial charge in [-0.05, 0) is 39.4 Å². The Kier molecular flexibility index (Phi) is 5.60. The number of nitrogens with one attached hydrogen (secondary N) is 1. The van der Waals surface area contributed by atoms with Crippen LogP contribution in [0.4, 0.5) is 5.82 Å². The minimum atomic E-state index is 0.0164. The summed E-state index contributed by atoms with van der Waals surface area (Å²) in [4.78, 5) is 6.61. The van der Waals surface area contributed by atoms with Crippen LogP contribution in [0.25, 0.3) is 0 Å². The lowest BCUT2D eigenvalue weighted by molar-refractivity contribution is 0.646. The van der Waals surface area contributed by atoms with Crippen molar-refractivity contribution in [2.45, 2.75) is 26.8 Å². The fourth-order valence-electron chi connectivity index (χ4n) is 1.76. The average molecular weight is 246 g/mol. The lowest BCUT2D eigenvalue weighted by Gasteiger charge is -2.23. The molecule has 4 nitrogen and oxygen atoms in total. The van der Waals surface area contributed by atoms with Gasteiger partial charge in [-0.2, -0.15) is 5.26 Å². The minimum Gasteiger partial charge on any atom is -0.356 e. The Morgan fingerprint density at radius 1 is 1.44 bits per heavy atom. The zero-order valence-electron chi connectivity index (χ0n) is 11.6. The molecule has 1 rings (SSSR count). The van der Waals surface area contributed by atoms with Gasteiger partial charge < -0.3 is 10.2 Å². The highest BCUT2D eigenvalue weighted by Crippen LogP contribution is 2.16. The van der Waals surface area contributed by atoms with E-state index in [1.165, 1.54) is 5.56 Å². The summed E-state index contributed by atoms with van der Waals surface area (Å²) in [5, 5.41) is 12.1. The van der Waals surface area contributed by atoms with Crippen LogP contribution < -0.4 is 10.2 Å². The predicted molar refractivity (Wildman–Crippen MR) is 74.4 cm³/mol. The molecule has 4 heteroatoms. The van der Waals surface area contributed by atoms with E-state index in [9.17, 15) is 0 Å². The second-order valence-electron chi connectivity index (χ2n) is 4.53. The molecule has 18 heavy (non-hydrogen) atoms. The van der Waals surface area contributed by atoms with Gasteiger partial charge in [0.1, 0.15) is 5.82 Å². The topological polar surface area (TPSA) is 52.0 Å². The summed E-state index contributed by atoms with van der Waals surface area (Å²) >= 11 is 0. The average Bonchev–Trinajstić information content (AvgIpc) is 2.43. The van der Waals surface area contributed by atoms with E-state index >= 15 is 0 Å². The third-order valence-electron chi connectivity index (χ3n) is 3.12. The summed E-state index contributed by atoms with van der Waals surface area (Å²) < 4.78 is 0. The van der Waals surface area contributed by atoms with E-state index in [4.69, 9.17) is 5.26 Å². The molecular formula is C14H22N4. The highest BCUT2D eigenvalue weighted by Gasteiger charge is 2.10. The van der Waals surface area contributed by atoms with Crippen LogP contribution in [0.15, 0.2) is 18.3 Å². The monoisotopic (exact) mass is 246 g/mol. The molecule has 0 saturated heterocycles. The molecule has 0 amide bonds. The maximum atomic E-state index is 8.87. The first-order valence-corrected chi connectivity index (χ1v) is 6.40. The van der Waals surface area contributed by atoms with Crippen LogP contribution in [0.3, 0.4) is 0 Å². The number of hydrogen-bond acceptors (Lipinski definition) is 4. The van der Waals surface area contributed by atoms with Crippen molar-refractivity contribution in [1.82, 2.24) is 10.3 Å². The third-order valence-corrected chi connectivity index (χ3v) is 3.12. The zero-order chi connectivity index (χ0) is 13.5. The largest absolute Gasteiger partial charge is 0.356 e. The van der Waals surface area contributed by atoms with Crippen molar-refractivity contribution in [2.24, 2.45) is 5.92 Å². The molecule has 0 aromatic carbocycles. The van der Waals surface area contributed by atoms with E-state index < -0.39 is 0 Å². The molecule has 1 heterocycles. The molecule has 0 aliphatic rings. The number of nitriles is 1. The maximum Gasteiger partial charge on any atom is 0.128 e. The Morgan fingerprint density at radius 2 is 2.17 bits per heavy atom. The van der Waals surface area contributed by atoms with Crippen LogP contribution in [0.5, 0.6) is 0 Å². The van der Waals surface area contributed by atoms with E-state index in [2.05, 4.69) is 41.2 Å². The number of aromatic nitrogens is 1. The Bertz CT molecular complexity index is 393. The first-order chi connectivity index (χ1) is 8.62. The van der Waals surface area contributed by atoms with Crippen LogP contribution >= 0.6 is 0 Å². The Labute approximate surface area is 110 Å². The van der Waals surface area contributed by atoms with Crippen molar-refractivity contribution in [1.29, 1.82) is 5.26 Å².